The lowest BCUT2D eigenvalue weighted by molar-refractivity contribution is 0.616. The average molecular weight is 327 g/mol. The Kier molecular flexibility index (Phi) is 5.29. The van der Waals surface area contributed by atoms with Gasteiger partial charge in [0, 0.05) is 27.2 Å². The SMILES string of the molecule is Cc1sc2nc(CNCCC(C)S(C)=O)[nH]c(=O)c2c1C. The van der Waals surface area contributed by atoms with Crippen molar-refractivity contribution in [3.63, 3.8) is 0 Å². The molecule has 0 aliphatic carbocycles. The van der Waals surface area contributed by atoms with Gasteiger partial charge < -0.3 is 10.3 Å². The van der Waals surface area contributed by atoms with Crippen LogP contribution in [-0.4, -0.2) is 32.2 Å². The zero-order chi connectivity index (χ0) is 15.6. The van der Waals surface area contributed by atoms with Crippen LogP contribution in [0, 0.1) is 13.8 Å². The van der Waals surface area contributed by atoms with Gasteiger partial charge in [0.1, 0.15) is 10.7 Å². The molecule has 0 fully saturated rings. The van der Waals surface area contributed by atoms with Gasteiger partial charge >= 0.3 is 0 Å². The third-order valence-electron chi connectivity index (χ3n) is 3.67. The van der Waals surface area contributed by atoms with E-state index >= 15 is 0 Å². The number of hydrogen-bond acceptors (Lipinski definition) is 5. The molecule has 0 saturated heterocycles. The summed E-state index contributed by atoms with van der Waals surface area (Å²) >= 11 is 1.56. The fourth-order valence-electron chi connectivity index (χ4n) is 2.06. The highest BCUT2D eigenvalue weighted by atomic mass is 32.2. The number of hydrogen-bond donors (Lipinski definition) is 2. The quantitative estimate of drug-likeness (QED) is 0.794. The Morgan fingerprint density at radius 1 is 1.43 bits per heavy atom. The number of aromatic nitrogens is 2. The van der Waals surface area contributed by atoms with E-state index in [9.17, 15) is 9.00 Å². The van der Waals surface area contributed by atoms with E-state index < -0.39 is 10.8 Å². The topological polar surface area (TPSA) is 74.8 Å². The largest absolute Gasteiger partial charge is 0.310 e. The number of aryl methyl sites for hydroxylation is 2. The molecule has 21 heavy (non-hydrogen) atoms. The highest BCUT2D eigenvalue weighted by molar-refractivity contribution is 7.84. The van der Waals surface area contributed by atoms with E-state index in [0.29, 0.717) is 17.8 Å². The van der Waals surface area contributed by atoms with Gasteiger partial charge in [-0.2, -0.15) is 0 Å². The molecule has 116 valence electrons. The van der Waals surface area contributed by atoms with E-state index in [2.05, 4.69) is 15.3 Å². The molecule has 2 unspecified atom stereocenters. The molecule has 2 atom stereocenters. The molecular formula is C14H21N3O2S2. The van der Waals surface area contributed by atoms with Gasteiger partial charge in [0.2, 0.25) is 0 Å². The van der Waals surface area contributed by atoms with E-state index in [0.717, 1.165) is 28.2 Å². The summed E-state index contributed by atoms with van der Waals surface area (Å²) in [5.41, 5.74) is 0.948. The van der Waals surface area contributed by atoms with Gasteiger partial charge in [-0.25, -0.2) is 4.98 Å². The highest BCUT2D eigenvalue weighted by Gasteiger charge is 2.11. The number of rotatable bonds is 6. The molecule has 5 nitrogen and oxygen atoms in total. The van der Waals surface area contributed by atoms with E-state index in [1.807, 2.05) is 20.8 Å². The first-order valence-corrected chi connectivity index (χ1v) is 9.35. The molecule has 0 aliphatic heterocycles. The number of aromatic amines is 1. The van der Waals surface area contributed by atoms with Gasteiger partial charge in [-0.15, -0.1) is 11.3 Å². The van der Waals surface area contributed by atoms with Crippen LogP contribution in [0.15, 0.2) is 4.79 Å². The van der Waals surface area contributed by atoms with E-state index in [1.54, 1.807) is 17.6 Å². The van der Waals surface area contributed by atoms with Gasteiger partial charge in [-0.05, 0) is 32.4 Å². The van der Waals surface area contributed by atoms with Crippen molar-refractivity contribution < 1.29 is 4.21 Å². The maximum atomic E-state index is 12.1. The van der Waals surface area contributed by atoms with Gasteiger partial charge in [0.15, 0.2) is 0 Å². The first-order valence-electron chi connectivity index (χ1n) is 6.92. The molecule has 0 spiro atoms. The molecule has 2 aromatic heterocycles. The van der Waals surface area contributed by atoms with Crippen LogP contribution < -0.4 is 10.9 Å². The Morgan fingerprint density at radius 2 is 2.14 bits per heavy atom. The van der Waals surface area contributed by atoms with E-state index in [4.69, 9.17) is 0 Å². The summed E-state index contributed by atoms with van der Waals surface area (Å²) in [6, 6.07) is 0. The molecule has 2 rings (SSSR count). The van der Waals surface area contributed by atoms with Crippen molar-refractivity contribution in [1.29, 1.82) is 0 Å². The molecule has 7 heteroatoms. The minimum atomic E-state index is -0.792. The van der Waals surface area contributed by atoms with E-state index in [-0.39, 0.29) is 10.8 Å². The summed E-state index contributed by atoms with van der Waals surface area (Å²) < 4.78 is 11.3. The zero-order valence-corrected chi connectivity index (χ0v) is 14.4. The third-order valence-corrected chi connectivity index (χ3v) is 6.14. The third kappa shape index (κ3) is 3.78. The molecule has 0 bridgehead atoms. The van der Waals surface area contributed by atoms with Crippen LogP contribution in [0.2, 0.25) is 0 Å². The van der Waals surface area contributed by atoms with Crippen LogP contribution in [0.3, 0.4) is 0 Å². The molecule has 0 saturated carbocycles. The van der Waals surface area contributed by atoms with Crippen LogP contribution in [0.25, 0.3) is 10.2 Å². The Balaban J connectivity index is 2.03. The molecule has 0 aromatic carbocycles. The smallest absolute Gasteiger partial charge is 0.259 e. The lowest BCUT2D eigenvalue weighted by Gasteiger charge is -2.08. The fraction of sp³-hybridized carbons (Fsp3) is 0.571. The molecule has 2 heterocycles. The summed E-state index contributed by atoms with van der Waals surface area (Å²) in [6.07, 6.45) is 2.56. The summed E-state index contributed by atoms with van der Waals surface area (Å²) in [5.74, 6) is 0.652. The molecule has 0 amide bonds. The number of nitrogens with one attached hydrogen (secondary N) is 2. The van der Waals surface area contributed by atoms with Crippen LogP contribution in [0.4, 0.5) is 0 Å². The van der Waals surface area contributed by atoms with Crippen molar-refractivity contribution >= 4 is 32.4 Å². The Hall–Kier alpha value is -1.05. The second kappa shape index (κ2) is 6.81. The summed E-state index contributed by atoms with van der Waals surface area (Å²) in [4.78, 5) is 21.4. The fourth-order valence-corrected chi connectivity index (χ4v) is 3.56. The van der Waals surface area contributed by atoms with Crippen molar-refractivity contribution in [3.05, 3.63) is 26.6 Å². The maximum Gasteiger partial charge on any atom is 0.259 e. The minimum Gasteiger partial charge on any atom is -0.310 e. The molecular weight excluding hydrogens is 306 g/mol. The normalized spacial score (nSPS) is 14.5. The van der Waals surface area contributed by atoms with E-state index in [1.165, 1.54) is 0 Å². The summed E-state index contributed by atoms with van der Waals surface area (Å²) in [6.45, 7) is 7.21. The Morgan fingerprint density at radius 3 is 2.81 bits per heavy atom. The molecule has 2 N–H and O–H groups in total. The van der Waals surface area contributed by atoms with Crippen molar-refractivity contribution in [1.82, 2.24) is 15.3 Å². The van der Waals surface area contributed by atoms with Gasteiger partial charge in [0.05, 0.1) is 11.9 Å². The summed E-state index contributed by atoms with van der Waals surface area (Å²) in [5, 5.41) is 4.12. The number of nitrogens with zero attached hydrogens (tertiary/aromatic N) is 1. The lowest BCUT2D eigenvalue weighted by atomic mass is 10.2. The van der Waals surface area contributed by atoms with Crippen molar-refractivity contribution in [2.75, 3.05) is 12.8 Å². The Labute approximate surface area is 130 Å². The van der Waals surface area contributed by atoms with Gasteiger partial charge in [-0.3, -0.25) is 9.00 Å². The average Bonchev–Trinajstić information content (AvgIpc) is 2.70. The number of thiophene rings is 1. The first kappa shape index (κ1) is 16.3. The second-order valence-electron chi connectivity index (χ2n) is 5.25. The molecule has 0 aliphatic rings. The second-order valence-corrected chi connectivity index (χ2v) is 8.26. The maximum absolute atomic E-state index is 12.1. The lowest BCUT2D eigenvalue weighted by Crippen LogP contribution is -2.23. The highest BCUT2D eigenvalue weighted by Crippen LogP contribution is 2.25. The van der Waals surface area contributed by atoms with Crippen LogP contribution >= 0.6 is 11.3 Å². The van der Waals surface area contributed by atoms with Crippen molar-refractivity contribution in [2.45, 2.75) is 39.0 Å². The first-order chi connectivity index (χ1) is 9.90. The molecule has 2 aromatic rings. The monoisotopic (exact) mass is 327 g/mol. The van der Waals surface area contributed by atoms with Crippen LogP contribution in [0.1, 0.15) is 29.6 Å². The predicted octanol–water partition coefficient (Wildman–Crippen LogP) is 1.85. The summed E-state index contributed by atoms with van der Waals surface area (Å²) in [7, 11) is -0.792. The predicted molar refractivity (Wildman–Crippen MR) is 89.6 cm³/mol. The van der Waals surface area contributed by atoms with Crippen molar-refractivity contribution in [2.24, 2.45) is 0 Å². The number of H-pyrrole nitrogens is 1. The molecule has 0 radical (unpaired) electrons. The minimum absolute atomic E-state index is 0.0679. The number of fused-ring (bicyclic) bond motifs is 1. The van der Waals surface area contributed by atoms with Gasteiger partial charge in [0.25, 0.3) is 5.56 Å². The Bertz CT molecular complexity index is 721. The van der Waals surface area contributed by atoms with Crippen molar-refractivity contribution in [3.8, 4) is 0 Å². The standard InChI is InChI=1S/C14H21N3O2S2/c1-8(21(4)19)5-6-15-7-11-16-13(18)12-9(2)10(3)20-14(12)17-11/h8,15H,5-7H2,1-4H3,(H,16,17,18). The van der Waals surface area contributed by atoms with Crippen LogP contribution in [-0.2, 0) is 17.3 Å². The van der Waals surface area contributed by atoms with Crippen LogP contribution in [0.5, 0.6) is 0 Å². The van der Waals surface area contributed by atoms with Gasteiger partial charge in [-0.1, -0.05) is 6.92 Å². The zero-order valence-electron chi connectivity index (χ0n) is 12.8.